The summed E-state index contributed by atoms with van der Waals surface area (Å²) in [5.74, 6) is 0.431. The van der Waals surface area contributed by atoms with Crippen LogP contribution in [0.5, 0.6) is 0 Å². The molecule has 0 bridgehead atoms. The molecule has 1 aliphatic heterocycles. The van der Waals surface area contributed by atoms with Gasteiger partial charge in [-0.1, -0.05) is 17.3 Å². The largest absolute Gasteiger partial charge is 0.444 e. The van der Waals surface area contributed by atoms with Gasteiger partial charge in [0.1, 0.15) is 12.1 Å². The number of anilines is 1. The highest BCUT2D eigenvalue weighted by Gasteiger charge is 2.29. The van der Waals surface area contributed by atoms with E-state index >= 15 is 0 Å². The second-order valence-corrected chi connectivity index (χ2v) is 12.5. The summed E-state index contributed by atoms with van der Waals surface area (Å²) in [5, 5.41) is 12.8. The minimum Gasteiger partial charge on any atom is -0.444 e. The van der Waals surface area contributed by atoms with Crippen molar-refractivity contribution in [1.82, 2.24) is 30.0 Å². The van der Waals surface area contributed by atoms with Crippen molar-refractivity contribution < 1.29 is 23.6 Å². The molecule has 1 aromatic carbocycles. The first-order valence-corrected chi connectivity index (χ1v) is 15.2. The Labute approximate surface area is 256 Å². The Hall–Kier alpha value is -3.97. The number of benzene rings is 1. The summed E-state index contributed by atoms with van der Waals surface area (Å²) in [6, 6.07) is 7.75. The van der Waals surface area contributed by atoms with Crippen molar-refractivity contribution in [1.29, 1.82) is 0 Å². The van der Waals surface area contributed by atoms with Gasteiger partial charge in [0, 0.05) is 56.3 Å². The maximum Gasteiger partial charge on any atom is 0.410 e. The van der Waals surface area contributed by atoms with E-state index in [1.165, 1.54) is 20.2 Å². The fourth-order valence-corrected chi connectivity index (χ4v) is 5.49. The Morgan fingerprint density at radius 3 is 2.49 bits per heavy atom. The number of carbonyl (C=O) groups excluding carboxylic acids is 3. The number of nitrogens with one attached hydrogen (secondary N) is 1. The van der Waals surface area contributed by atoms with Crippen molar-refractivity contribution in [2.24, 2.45) is 0 Å². The molecule has 12 nitrogen and oxygen atoms in total. The normalized spacial score (nSPS) is 13.0. The van der Waals surface area contributed by atoms with Crippen molar-refractivity contribution in [2.45, 2.75) is 60.2 Å². The monoisotopic (exact) mass is 611 g/mol. The van der Waals surface area contributed by atoms with Crippen LogP contribution in [-0.2, 0) is 27.4 Å². The number of hydrazine groups is 1. The van der Waals surface area contributed by atoms with Crippen molar-refractivity contribution in [3.05, 3.63) is 51.5 Å². The van der Waals surface area contributed by atoms with Crippen LogP contribution in [0, 0.1) is 13.8 Å². The molecular formula is C30H41N7O5S. The quantitative estimate of drug-likeness (QED) is 0.338. The summed E-state index contributed by atoms with van der Waals surface area (Å²) in [6.07, 6.45) is -0.462. The van der Waals surface area contributed by atoms with Gasteiger partial charge in [-0.05, 0) is 63.3 Å². The Balaban J connectivity index is 1.45. The molecule has 0 saturated carbocycles. The second-order valence-electron chi connectivity index (χ2n) is 11.5. The van der Waals surface area contributed by atoms with Crippen LogP contribution < -0.4 is 5.32 Å². The van der Waals surface area contributed by atoms with Gasteiger partial charge in [-0.25, -0.2) is 9.80 Å². The molecule has 13 heteroatoms. The number of thiophene rings is 1. The molecule has 4 rings (SSSR count). The summed E-state index contributed by atoms with van der Waals surface area (Å²) < 4.78 is 10.6. The minimum atomic E-state index is -0.646. The van der Waals surface area contributed by atoms with Crippen molar-refractivity contribution in [3.63, 3.8) is 0 Å². The first kappa shape index (κ1) is 32.0. The summed E-state index contributed by atoms with van der Waals surface area (Å²) in [4.78, 5) is 48.3. The molecule has 0 aliphatic carbocycles. The Morgan fingerprint density at radius 1 is 1.09 bits per heavy atom. The highest BCUT2D eigenvalue weighted by Crippen LogP contribution is 2.28. The molecule has 0 atom stereocenters. The van der Waals surface area contributed by atoms with Gasteiger partial charge in [0.15, 0.2) is 0 Å². The van der Waals surface area contributed by atoms with Gasteiger partial charge in [-0.3, -0.25) is 14.6 Å². The number of hydrogen-bond acceptors (Lipinski definition) is 10. The predicted octanol–water partition coefficient (Wildman–Crippen LogP) is 4.30. The van der Waals surface area contributed by atoms with E-state index in [0.29, 0.717) is 31.3 Å². The lowest BCUT2D eigenvalue weighted by Gasteiger charge is -2.32. The first-order chi connectivity index (χ1) is 20.3. The Bertz CT molecular complexity index is 1430. The molecular weight excluding hydrogens is 570 g/mol. The van der Waals surface area contributed by atoms with E-state index in [0.717, 1.165) is 16.8 Å². The average Bonchev–Trinajstić information content (AvgIpc) is 3.67. The maximum absolute atomic E-state index is 13.6. The zero-order chi connectivity index (χ0) is 31.3. The third-order valence-corrected chi connectivity index (χ3v) is 8.06. The van der Waals surface area contributed by atoms with Crippen molar-refractivity contribution in [3.8, 4) is 11.4 Å². The van der Waals surface area contributed by atoms with Gasteiger partial charge in [0.05, 0.1) is 13.1 Å². The number of ether oxygens (including phenoxy) is 1. The molecule has 3 amide bonds. The smallest absolute Gasteiger partial charge is 0.410 e. The third kappa shape index (κ3) is 8.32. The van der Waals surface area contributed by atoms with Gasteiger partial charge in [-0.15, -0.1) is 11.3 Å². The lowest BCUT2D eigenvalue weighted by molar-refractivity contribution is -0.151. The van der Waals surface area contributed by atoms with Crippen LogP contribution in [0.25, 0.3) is 11.4 Å². The molecule has 3 aromatic rings. The van der Waals surface area contributed by atoms with Crippen LogP contribution in [0.1, 0.15) is 49.6 Å². The minimum absolute atomic E-state index is 0.0495. The number of likely N-dealkylation sites (N-methyl/N-ethyl adjacent to an activating group) is 2. The molecule has 3 heterocycles. The van der Waals surface area contributed by atoms with E-state index in [-0.39, 0.29) is 38.0 Å². The van der Waals surface area contributed by atoms with Crippen LogP contribution in [0.3, 0.4) is 0 Å². The molecule has 2 aromatic heterocycles. The fraction of sp³-hybridized carbons (Fsp3) is 0.500. The molecule has 1 N–H and O–H groups in total. The van der Waals surface area contributed by atoms with E-state index in [2.05, 4.69) is 26.9 Å². The van der Waals surface area contributed by atoms with Gasteiger partial charge in [0.2, 0.25) is 17.6 Å². The second kappa shape index (κ2) is 13.6. The fourth-order valence-electron chi connectivity index (χ4n) is 4.59. The summed E-state index contributed by atoms with van der Waals surface area (Å²) in [5.41, 5.74) is 2.99. The molecule has 1 aliphatic rings. The molecule has 0 radical (unpaired) electrons. The number of carbonyl (C=O) groups is 3. The van der Waals surface area contributed by atoms with E-state index in [9.17, 15) is 14.4 Å². The summed E-state index contributed by atoms with van der Waals surface area (Å²) in [7, 11) is 1.73. The van der Waals surface area contributed by atoms with Gasteiger partial charge < -0.3 is 24.4 Å². The molecule has 0 saturated heterocycles. The zero-order valence-electron chi connectivity index (χ0n) is 26.0. The van der Waals surface area contributed by atoms with Crippen LogP contribution in [0.15, 0.2) is 34.2 Å². The van der Waals surface area contributed by atoms with Crippen LogP contribution >= 0.6 is 11.3 Å². The van der Waals surface area contributed by atoms with Crippen molar-refractivity contribution >= 4 is 34.9 Å². The molecule has 232 valence electrons. The van der Waals surface area contributed by atoms with Crippen LogP contribution in [0.4, 0.5) is 10.5 Å². The molecule has 0 fully saturated rings. The lowest BCUT2D eigenvalue weighted by atomic mass is 10.1. The highest BCUT2D eigenvalue weighted by atomic mass is 32.1. The number of rotatable bonds is 11. The SMILES string of the molecule is CCN(CCN(CC(=O)N(C)N1Cc2ccsc2C1)C(=O)CNc1cc(-c2noc(C)n2)ccc1C)C(=O)OC(C)(C)C. The van der Waals surface area contributed by atoms with Gasteiger partial charge >= 0.3 is 6.09 Å². The van der Waals surface area contributed by atoms with Crippen LogP contribution in [-0.4, -0.2) is 93.2 Å². The predicted molar refractivity (Wildman–Crippen MR) is 164 cm³/mol. The number of aryl methyl sites for hydroxylation is 2. The number of aromatic nitrogens is 2. The maximum atomic E-state index is 13.6. The lowest BCUT2D eigenvalue weighted by Crippen LogP contribution is -2.50. The number of fused-ring (bicyclic) bond motifs is 1. The Morgan fingerprint density at radius 2 is 1.84 bits per heavy atom. The number of hydrogen-bond donors (Lipinski definition) is 1. The van der Waals surface area contributed by atoms with Gasteiger partial charge in [0.25, 0.3) is 5.91 Å². The highest BCUT2D eigenvalue weighted by molar-refractivity contribution is 7.10. The molecule has 0 spiro atoms. The standard InChI is InChI=1S/C30H41N7O5S/c1-8-35(29(40)41-30(4,5)6)12-13-36(19-27(39)34(7)37-17-23-11-14-43-25(23)18-37)26(38)16-31-24-15-22(10-9-20(24)2)28-32-21(3)42-33-28/h9-11,14-15,31H,8,12-13,16-19H2,1-7H3. The van der Waals surface area contributed by atoms with E-state index in [1.54, 1.807) is 30.3 Å². The first-order valence-electron chi connectivity index (χ1n) is 14.3. The van der Waals surface area contributed by atoms with E-state index in [4.69, 9.17) is 9.26 Å². The number of nitrogens with zero attached hydrogens (tertiary/aromatic N) is 6. The molecule has 43 heavy (non-hydrogen) atoms. The topological polar surface area (TPSA) is 124 Å². The van der Waals surface area contributed by atoms with Crippen LogP contribution in [0.2, 0.25) is 0 Å². The van der Waals surface area contributed by atoms with E-state index in [1.807, 2.05) is 57.8 Å². The van der Waals surface area contributed by atoms with Gasteiger partial charge in [-0.2, -0.15) is 4.98 Å². The van der Waals surface area contributed by atoms with Crippen molar-refractivity contribution in [2.75, 3.05) is 45.1 Å². The average molecular weight is 612 g/mol. The number of amides is 3. The zero-order valence-corrected chi connectivity index (χ0v) is 26.8. The molecule has 0 unspecified atom stereocenters. The summed E-state index contributed by atoms with van der Waals surface area (Å²) >= 11 is 1.68. The van der Waals surface area contributed by atoms with E-state index < -0.39 is 11.7 Å². The third-order valence-electron chi connectivity index (χ3n) is 7.11. The summed E-state index contributed by atoms with van der Waals surface area (Å²) in [6.45, 7) is 12.9. The Kier molecular flexibility index (Phi) is 10.1.